The Morgan fingerprint density at radius 3 is 2.60 bits per heavy atom. The van der Waals surface area contributed by atoms with Crippen molar-refractivity contribution in [3.8, 4) is 0 Å². The van der Waals surface area contributed by atoms with Gasteiger partial charge < -0.3 is 15.3 Å². The fourth-order valence-electron chi connectivity index (χ4n) is 7.28. The molecule has 30 heavy (non-hydrogen) atoms. The van der Waals surface area contributed by atoms with Crippen LogP contribution in [0.2, 0.25) is 0 Å². The third kappa shape index (κ3) is 3.28. The summed E-state index contributed by atoms with van der Waals surface area (Å²) in [6.07, 6.45) is -8.64. The molecule has 9 atom stereocenters. The molecule has 0 spiro atoms. The van der Waals surface area contributed by atoms with E-state index in [0.717, 1.165) is 0 Å². The number of carbonyl (C=O) groups excluding carboxylic acids is 1. The molecule has 4 saturated carbocycles. The molecule has 0 unspecified atom stereocenters. The molecule has 9 heteroatoms. The van der Waals surface area contributed by atoms with Crippen molar-refractivity contribution in [2.75, 3.05) is 6.61 Å². The highest BCUT2D eigenvalue weighted by molar-refractivity contribution is 7.80. The number of aliphatic hydroxyl groups is 3. The third-order valence-corrected chi connectivity index (χ3v) is 9.12. The number of ketones is 1. The van der Waals surface area contributed by atoms with Crippen LogP contribution in [0.1, 0.15) is 72.0 Å². The second-order valence-corrected chi connectivity index (χ2v) is 11.1. The molecule has 0 aromatic heterocycles. The molecule has 0 aromatic rings. The second-order valence-electron chi connectivity index (χ2n) is 9.98. The van der Waals surface area contributed by atoms with E-state index in [1.54, 1.807) is 13.8 Å². The Morgan fingerprint density at radius 1 is 1.23 bits per heavy atom. The summed E-state index contributed by atoms with van der Waals surface area (Å²) in [6, 6.07) is 0. The van der Waals surface area contributed by atoms with E-state index in [0.29, 0.717) is 12.8 Å². The van der Waals surface area contributed by atoms with Crippen LogP contribution in [-0.2, 0) is 19.4 Å². The Labute approximate surface area is 185 Å². The van der Waals surface area contributed by atoms with Crippen molar-refractivity contribution in [1.29, 1.82) is 0 Å². The molecule has 4 aliphatic carbocycles. The molecular formula is C21H34O8S. The van der Waals surface area contributed by atoms with E-state index in [1.165, 1.54) is 0 Å². The molecule has 0 heterocycles. The molecule has 172 valence electrons. The Hall–Kier alpha value is -0.580. The predicted molar refractivity (Wildman–Crippen MR) is 107 cm³/mol. The Bertz CT molecular complexity index is 1020. The van der Waals surface area contributed by atoms with Gasteiger partial charge in [-0.2, -0.15) is 8.42 Å². The SMILES string of the molecule is [2H]C1([2H])C[C@]2(C)[C@@H]3[C@@H](CC[C@H]2C([2H])([2H])[C@]1([2H])O)[C@@H]1CC[C@](O)(C(=O)COS(=O)(=O)O)[C@@]1(C)C[C@@H]3O. The zero-order valence-electron chi connectivity index (χ0n) is 22.2. The maximum absolute atomic E-state index is 12.9. The van der Waals surface area contributed by atoms with E-state index < -0.39 is 76.0 Å². The summed E-state index contributed by atoms with van der Waals surface area (Å²) in [5, 5.41) is 33.5. The molecule has 0 saturated heterocycles. The van der Waals surface area contributed by atoms with Gasteiger partial charge in [0.15, 0.2) is 5.78 Å². The summed E-state index contributed by atoms with van der Waals surface area (Å²) in [7, 11) is -4.90. The molecular weight excluding hydrogens is 412 g/mol. The average molecular weight is 452 g/mol. The van der Waals surface area contributed by atoms with Gasteiger partial charge in [-0.3, -0.25) is 9.35 Å². The molecule has 4 rings (SSSR count). The van der Waals surface area contributed by atoms with Crippen molar-refractivity contribution in [3.05, 3.63) is 0 Å². The number of Topliss-reactive ketones (excluding diaryl/α,β-unsaturated/α-hetero) is 1. The molecule has 0 radical (unpaired) electrons. The van der Waals surface area contributed by atoms with Gasteiger partial charge in [-0.05, 0) is 80.4 Å². The van der Waals surface area contributed by atoms with Crippen LogP contribution in [0.15, 0.2) is 0 Å². The third-order valence-electron chi connectivity index (χ3n) is 8.70. The quantitative estimate of drug-likeness (QED) is 0.471. The lowest BCUT2D eigenvalue weighted by atomic mass is 9.43. The van der Waals surface area contributed by atoms with Crippen LogP contribution in [0.4, 0.5) is 0 Å². The highest BCUT2D eigenvalue weighted by Gasteiger charge is 2.68. The molecule has 0 aliphatic heterocycles. The number of hydrogen-bond donors (Lipinski definition) is 4. The smallest absolute Gasteiger partial charge is 0.393 e. The maximum Gasteiger partial charge on any atom is 0.397 e. The van der Waals surface area contributed by atoms with Crippen molar-refractivity contribution in [1.82, 2.24) is 0 Å². The number of carbonyl (C=O) groups is 1. The van der Waals surface area contributed by atoms with Gasteiger partial charge >= 0.3 is 10.4 Å². The van der Waals surface area contributed by atoms with Crippen molar-refractivity contribution < 1.29 is 44.1 Å². The molecule has 4 aliphatic rings. The fourth-order valence-corrected chi connectivity index (χ4v) is 7.54. The summed E-state index contributed by atoms with van der Waals surface area (Å²) in [5.41, 5.74) is -4.26. The van der Waals surface area contributed by atoms with Crippen LogP contribution in [-0.4, -0.2) is 58.5 Å². The van der Waals surface area contributed by atoms with Gasteiger partial charge in [-0.1, -0.05) is 13.8 Å². The first-order valence-electron chi connectivity index (χ1n) is 12.9. The van der Waals surface area contributed by atoms with Crippen LogP contribution < -0.4 is 0 Å². The van der Waals surface area contributed by atoms with Gasteiger partial charge in [0.1, 0.15) is 12.2 Å². The van der Waals surface area contributed by atoms with Crippen LogP contribution in [0.5, 0.6) is 0 Å². The predicted octanol–water partition coefficient (Wildman–Crippen LogP) is 1.48. The minimum absolute atomic E-state index is 0.00789. The van der Waals surface area contributed by atoms with Gasteiger partial charge in [0.05, 0.1) is 13.6 Å². The van der Waals surface area contributed by atoms with Crippen LogP contribution in [0, 0.1) is 34.5 Å². The normalized spacial score (nSPS) is 59.3. The minimum atomic E-state index is -4.90. The van der Waals surface area contributed by atoms with Crippen molar-refractivity contribution in [2.45, 2.75) is 82.9 Å². The topological polar surface area (TPSA) is 141 Å². The molecule has 8 nitrogen and oxygen atoms in total. The van der Waals surface area contributed by atoms with Crippen molar-refractivity contribution in [3.63, 3.8) is 0 Å². The first-order valence-corrected chi connectivity index (χ1v) is 11.8. The number of aliphatic hydroxyl groups excluding tert-OH is 1. The van der Waals surface area contributed by atoms with Gasteiger partial charge in [-0.25, -0.2) is 4.18 Å². The van der Waals surface area contributed by atoms with E-state index in [9.17, 15) is 28.5 Å². The molecule has 4 fully saturated rings. The number of fused-ring (bicyclic) bond motifs is 5. The number of hydrogen-bond acceptors (Lipinski definition) is 7. The van der Waals surface area contributed by atoms with Crippen LogP contribution in [0.25, 0.3) is 0 Å². The minimum Gasteiger partial charge on any atom is -0.393 e. The zero-order chi connectivity index (χ0) is 26.6. The lowest BCUT2D eigenvalue weighted by molar-refractivity contribution is -0.202. The van der Waals surface area contributed by atoms with Crippen LogP contribution in [0.3, 0.4) is 0 Å². The van der Waals surface area contributed by atoms with Gasteiger partial charge in [-0.15, -0.1) is 0 Å². The van der Waals surface area contributed by atoms with Crippen LogP contribution >= 0.6 is 0 Å². The van der Waals surface area contributed by atoms with Crippen molar-refractivity contribution in [2.24, 2.45) is 34.5 Å². The molecule has 4 N–H and O–H groups in total. The average Bonchev–Trinajstić information content (AvgIpc) is 2.95. The summed E-state index contributed by atoms with van der Waals surface area (Å²) in [5.74, 6) is -2.99. The second kappa shape index (κ2) is 7.22. The maximum atomic E-state index is 12.9. The van der Waals surface area contributed by atoms with Gasteiger partial charge in [0, 0.05) is 10.9 Å². The summed E-state index contributed by atoms with van der Waals surface area (Å²) < 4.78 is 76.9. The van der Waals surface area contributed by atoms with E-state index in [4.69, 9.17) is 11.4 Å². The first kappa shape index (κ1) is 17.0. The lowest BCUT2D eigenvalue weighted by Gasteiger charge is -2.62. The summed E-state index contributed by atoms with van der Waals surface area (Å²) in [6.45, 7) is 2.31. The summed E-state index contributed by atoms with van der Waals surface area (Å²) >= 11 is 0. The monoisotopic (exact) mass is 451 g/mol. The molecule has 0 aromatic carbocycles. The standard InChI is InChI=1S/C21H34O8S/c1-19-7-5-13(22)9-12(19)3-4-14-15-6-8-21(25,17(24)11-29-30(26,27)28)20(15,2)10-16(23)18(14)19/h12-16,18,22-23,25H,3-11H2,1-2H3,(H,26,27,28)/t12-,13+,14-,15-,16-,18+,19-,20-,21-/m0/s1/i5D2,9D2,13D. The summed E-state index contributed by atoms with van der Waals surface area (Å²) in [4.78, 5) is 12.9. The number of rotatable bonds is 4. The largest absolute Gasteiger partial charge is 0.397 e. The lowest BCUT2D eigenvalue weighted by Crippen LogP contribution is -2.63. The Balaban J connectivity index is 1.70. The van der Waals surface area contributed by atoms with Crippen molar-refractivity contribution >= 4 is 16.2 Å². The first-order chi connectivity index (χ1) is 15.7. The van der Waals surface area contributed by atoms with E-state index in [1.807, 2.05) is 0 Å². The fraction of sp³-hybridized carbons (Fsp3) is 0.952. The Kier molecular flexibility index (Phi) is 4.08. The van der Waals surface area contributed by atoms with Gasteiger partial charge in [0.25, 0.3) is 0 Å². The highest BCUT2D eigenvalue weighted by atomic mass is 32.3. The van der Waals surface area contributed by atoms with E-state index >= 15 is 0 Å². The molecule has 0 amide bonds. The van der Waals surface area contributed by atoms with E-state index in [2.05, 4.69) is 4.18 Å². The zero-order valence-corrected chi connectivity index (χ0v) is 18.0. The molecule has 0 bridgehead atoms. The highest BCUT2D eigenvalue weighted by Crippen LogP contribution is 2.68. The van der Waals surface area contributed by atoms with E-state index in [-0.39, 0.29) is 37.5 Å². The van der Waals surface area contributed by atoms with Gasteiger partial charge in [0.2, 0.25) is 0 Å². The Morgan fingerprint density at radius 2 is 1.93 bits per heavy atom.